The van der Waals surface area contributed by atoms with Crippen LogP contribution in [-0.2, 0) is 16.0 Å². The van der Waals surface area contributed by atoms with Crippen LogP contribution in [0, 0.1) is 5.92 Å². The quantitative estimate of drug-likeness (QED) is 0.780. The molecular formula is C19H28N2O4. The molecule has 2 amide bonds. The predicted molar refractivity (Wildman–Crippen MR) is 95.8 cm³/mol. The fraction of sp³-hybridized carbons (Fsp3) is 0.579. The summed E-state index contributed by atoms with van der Waals surface area (Å²) >= 11 is 0. The third-order valence-corrected chi connectivity index (χ3v) is 4.70. The number of carbonyl (C=O) groups is 2. The zero-order chi connectivity index (χ0) is 18.4. The van der Waals surface area contributed by atoms with Crippen LogP contribution in [0.4, 0.5) is 0 Å². The third-order valence-electron chi connectivity index (χ3n) is 4.70. The molecule has 2 rings (SSSR count). The van der Waals surface area contributed by atoms with Gasteiger partial charge >= 0.3 is 0 Å². The first-order valence-corrected chi connectivity index (χ1v) is 8.77. The molecule has 1 aliphatic heterocycles. The normalized spacial score (nSPS) is 18.2. The van der Waals surface area contributed by atoms with Gasteiger partial charge in [0.1, 0.15) is 0 Å². The molecule has 0 radical (unpaired) electrons. The van der Waals surface area contributed by atoms with Crippen LogP contribution in [0.15, 0.2) is 18.2 Å². The summed E-state index contributed by atoms with van der Waals surface area (Å²) in [5.74, 6) is 1.15. The molecule has 0 bridgehead atoms. The first-order chi connectivity index (χ1) is 12.0. The monoisotopic (exact) mass is 348 g/mol. The summed E-state index contributed by atoms with van der Waals surface area (Å²) in [5.41, 5.74) is 1.07. The second kappa shape index (κ2) is 8.74. The summed E-state index contributed by atoms with van der Waals surface area (Å²) < 4.78 is 10.5. The van der Waals surface area contributed by atoms with E-state index in [0.717, 1.165) is 12.0 Å². The Morgan fingerprint density at radius 1 is 1.32 bits per heavy atom. The molecule has 0 aromatic heterocycles. The van der Waals surface area contributed by atoms with Gasteiger partial charge in [0.2, 0.25) is 11.8 Å². The number of methoxy groups -OCH3 is 2. The number of carbonyl (C=O) groups excluding carboxylic acids is 2. The Morgan fingerprint density at radius 2 is 2.04 bits per heavy atom. The molecule has 1 aliphatic rings. The highest BCUT2D eigenvalue weighted by Gasteiger charge is 2.34. The smallest absolute Gasteiger partial charge is 0.225 e. The van der Waals surface area contributed by atoms with Crippen LogP contribution >= 0.6 is 0 Å². The molecule has 2 atom stereocenters. The SMILES string of the molecule is CCC(C)NC(=O)C1CC(=O)N(CCc2ccc(OC)c(OC)c2)C1. The Morgan fingerprint density at radius 3 is 2.68 bits per heavy atom. The van der Waals surface area contributed by atoms with E-state index in [-0.39, 0.29) is 23.8 Å². The summed E-state index contributed by atoms with van der Waals surface area (Å²) in [4.78, 5) is 26.2. The van der Waals surface area contributed by atoms with Crippen molar-refractivity contribution < 1.29 is 19.1 Å². The molecule has 1 heterocycles. The number of ether oxygens (including phenoxy) is 2. The number of likely N-dealkylation sites (tertiary alicyclic amines) is 1. The van der Waals surface area contributed by atoms with Gasteiger partial charge in [-0.25, -0.2) is 0 Å². The van der Waals surface area contributed by atoms with Gasteiger partial charge in [-0.3, -0.25) is 9.59 Å². The maximum absolute atomic E-state index is 12.2. The first kappa shape index (κ1) is 19.1. The molecule has 138 valence electrons. The van der Waals surface area contributed by atoms with Crippen molar-refractivity contribution in [3.05, 3.63) is 23.8 Å². The lowest BCUT2D eigenvalue weighted by molar-refractivity contribution is -0.129. The molecule has 1 saturated heterocycles. The average Bonchev–Trinajstić information content (AvgIpc) is 3.00. The summed E-state index contributed by atoms with van der Waals surface area (Å²) in [6.07, 6.45) is 1.90. The molecule has 1 fully saturated rings. The molecule has 0 saturated carbocycles. The lowest BCUT2D eigenvalue weighted by atomic mass is 10.1. The Hall–Kier alpha value is -2.24. The standard InChI is InChI=1S/C19H28N2O4/c1-5-13(2)20-19(23)15-11-18(22)21(12-15)9-8-14-6-7-16(24-3)17(10-14)25-4/h6-7,10,13,15H,5,8-9,11-12H2,1-4H3,(H,20,23). The number of benzene rings is 1. The van der Waals surface area contributed by atoms with Crippen LogP contribution < -0.4 is 14.8 Å². The summed E-state index contributed by atoms with van der Waals surface area (Å²) in [6, 6.07) is 5.90. The molecule has 2 unspecified atom stereocenters. The van der Waals surface area contributed by atoms with Gasteiger partial charge in [0.25, 0.3) is 0 Å². The third kappa shape index (κ3) is 4.87. The second-order valence-electron chi connectivity index (χ2n) is 6.50. The Labute approximate surface area is 149 Å². The molecule has 6 nitrogen and oxygen atoms in total. The second-order valence-corrected chi connectivity index (χ2v) is 6.50. The number of rotatable bonds is 8. The topological polar surface area (TPSA) is 67.9 Å². The number of hydrogen-bond acceptors (Lipinski definition) is 4. The number of hydrogen-bond donors (Lipinski definition) is 1. The van der Waals surface area contributed by atoms with E-state index in [9.17, 15) is 9.59 Å². The molecule has 1 aromatic rings. The van der Waals surface area contributed by atoms with Crippen molar-refractivity contribution in [2.45, 2.75) is 39.2 Å². The number of nitrogens with zero attached hydrogens (tertiary/aromatic N) is 1. The Bertz CT molecular complexity index is 617. The van der Waals surface area contributed by atoms with E-state index in [4.69, 9.17) is 9.47 Å². The van der Waals surface area contributed by atoms with Crippen LogP contribution in [0.25, 0.3) is 0 Å². The summed E-state index contributed by atoms with van der Waals surface area (Å²) in [7, 11) is 3.21. The lowest BCUT2D eigenvalue weighted by Gasteiger charge is -2.18. The molecule has 25 heavy (non-hydrogen) atoms. The molecule has 1 N–H and O–H groups in total. The maximum atomic E-state index is 12.2. The maximum Gasteiger partial charge on any atom is 0.225 e. The van der Waals surface area contributed by atoms with Gasteiger partial charge in [0.05, 0.1) is 20.1 Å². The van der Waals surface area contributed by atoms with Crippen molar-refractivity contribution in [3.63, 3.8) is 0 Å². The molecule has 0 aliphatic carbocycles. The zero-order valence-corrected chi connectivity index (χ0v) is 15.5. The fourth-order valence-electron chi connectivity index (χ4n) is 2.93. The highest BCUT2D eigenvalue weighted by molar-refractivity contribution is 5.89. The Balaban J connectivity index is 1.91. The van der Waals surface area contributed by atoms with E-state index < -0.39 is 0 Å². The van der Waals surface area contributed by atoms with E-state index in [1.165, 1.54) is 0 Å². The van der Waals surface area contributed by atoms with Crippen molar-refractivity contribution in [3.8, 4) is 11.5 Å². The average molecular weight is 348 g/mol. The summed E-state index contributed by atoms with van der Waals surface area (Å²) in [6.45, 7) is 5.10. The largest absolute Gasteiger partial charge is 0.493 e. The van der Waals surface area contributed by atoms with Crippen LogP contribution in [0.1, 0.15) is 32.3 Å². The van der Waals surface area contributed by atoms with E-state index in [0.29, 0.717) is 37.4 Å². The van der Waals surface area contributed by atoms with Crippen LogP contribution in [-0.4, -0.2) is 50.1 Å². The van der Waals surface area contributed by atoms with Crippen LogP contribution in [0.3, 0.4) is 0 Å². The number of nitrogens with one attached hydrogen (secondary N) is 1. The lowest BCUT2D eigenvalue weighted by Crippen LogP contribution is -2.38. The minimum Gasteiger partial charge on any atom is -0.493 e. The zero-order valence-electron chi connectivity index (χ0n) is 15.5. The van der Waals surface area contributed by atoms with Gasteiger partial charge in [0, 0.05) is 25.6 Å². The predicted octanol–water partition coefficient (Wildman–Crippen LogP) is 2.01. The van der Waals surface area contributed by atoms with Gasteiger partial charge in [-0.2, -0.15) is 0 Å². The highest BCUT2D eigenvalue weighted by Crippen LogP contribution is 2.28. The molecule has 1 aromatic carbocycles. The van der Waals surface area contributed by atoms with E-state index >= 15 is 0 Å². The molecule has 6 heteroatoms. The van der Waals surface area contributed by atoms with Crippen molar-refractivity contribution in [1.82, 2.24) is 10.2 Å². The van der Waals surface area contributed by atoms with E-state index in [2.05, 4.69) is 5.32 Å². The molecular weight excluding hydrogens is 320 g/mol. The van der Waals surface area contributed by atoms with Crippen molar-refractivity contribution in [1.29, 1.82) is 0 Å². The van der Waals surface area contributed by atoms with E-state index in [1.807, 2.05) is 32.0 Å². The first-order valence-electron chi connectivity index (χ1n) is 8.77. The Kier molecular flexibility index (Phi) is 6.67. The van der Waals surface area contributed by atoms with Gasteiger partial charge in [-0.1, -0.05) is 13.0 Å². The van der Waals surface area contributed by atoms with Crippen LogP contribution in [0.5, 0.6) is 11.5 Å². The van der Waals surface area contributed by atoms with Gasteiger partial charge in [0.15, 0.2) is 11.5 Å². The van der Waals surface area contributed by atoms with E-state index in [1.54, 1.807) is 19.1 Å². The minimum absolute atomic E-state index is 0.0173. The molecule has 0 spiro atoms. The van der Waals surface area contributed by atoms with Crippen LogP contribution in [0.2, 0.25) is 0 Å². The summed E-state index contributed by atoms with van der Waals surface area (Å²) in [5, 5.41) is 2.97. The van der Waals surface area contributed by atoms with Crippen molar-refractivity contribution in [2.24, 2.45) is 5.92 Å². The van der Waals surface area contributed by atoms with Crippen molar-refractivity contribution >= 4 is 11.8 Å². The fourth-order valence-corrected chi connectivity index (χ4v) is 2.93. The van der Waals surface area contributed by atoms with Crippen molar-refractivity contribution in [2.75, 3.05) is 27.3 Å². The highest BCUT2D eigenvalue weighted by atomic mass is 16.5. The van der Waals surface area contributed by atoms with Gasteiger partial charge < -0.3 is 19.7 Å². The van der Waals surface area contributed by atoms with Gasteiger partial charge in [-0.15, -0.1) is 0 Å². The minimum atomic E-state index is -0.244. The van der Waals surface area contributed by atoms with Gasteiger partial charge in [-0.05, 0) is 37.5 Å². The number of amides is 2.